The molecule has 0 saturated carbocycles. The van der Waals surface area contributed by atoms with E-state index >= 15 is 0 Å². The van der Waals surface area contributed by atoms with Crippen LogP contribution in [0.2, 0.25) is 0 Å². The van der Waals surface area contributed by atoms with Crippen LogP contribution in [0.3, 0.4) is 0 Å². The van der Waals surface area contributed by atoms with Crippen LogP contribution in [0.4, 0.5) is 0 Å². The first-order chi connectivity index (χ1) is 7.06. The van der Waals surface area contributed by atoms with E-state index < -0.39 is 0 Å². The van der Waals surface area contributed by atoms with Gasteiger partial charge in [-0.05, 0) is 6.42 Å². The highest BCUT2D eigenvalue weighted by Gasteiger charge is 2.04. The highest BCUT2D eigenvalue weighted by atomic mass is 79.9. The Morgan fingerprint density at radius 1 is 1.53 bits per heavy atom. The Hall–Kier alpha value is -1.10. The fourth-order valence-corrected chi connectivity index (χ4v) is 1.54. The first-order valence-corrected chi connectivity index (χ1v) is 5.49. The van der Waals surface area contributed by atoms with E-state index in [2.05, 4.69) is 22.5 Å². The van der Waals surface area contributed by atoms with Crippen molar-refractivity contribution in [2.75, 3.05) is 0 Å². The highest BCUT2D eigenvalue weighted by Crippen LogP contribution is 2.00. The highest BCUT2D eigenvalue weighted by molar-refractivity contribution is 9.11. The van der Waals surface area contributed by atoms with Gasteiger partial charge in [-0.3, -0.25) is 9.36 Å². The lowest BCUT2D eigenvalue weighted by Crippen LogP contribution is -2.39. The van der Waals surface area contributed by atoms with E-state index in [1.54, 1.807) is 0 Å². The molecule has 82 valence electrons. The molecule has 0 aromatic carbocycles. The molecule has 0 unspecified atom stereocenters. The van der Waals surface area contributed by atoms with Crippen LogP contribution in [0.5, 0.6) is 0 Å². The zero-order valence-corrected chi connectivity index (χ0v) is 10.2. The molecule has 0 atom stereocenters. The maximum absolute atomic E-state index is 11.8. The topological polar surface area (TPSA) is 44.0 Å². The molecule has 0 fully saturated rings. The Morgan fingerprint density at radius 2 is 2.20 bits per heavy atom. The largest absolute Gasteiger partial charge is 0.331 e. The molecule has 5 heteroatoms. The lowest BCUT2D eigenvalue weighted by molar-refractivity contribution is 0.573. The summed E-state index contributed by atoms with van der Waals surface area (Å²) in [5.74, 6) is 0. The van der Waals surface area contributed by atoms with Crippen LogP contribution in [0, 0.1) is 0 Å². The Balaban J connectivity index is 3.24. The Bertz CT molecular complexity index is 473. The first-order valence-electron chi connectivity index (χ1n) is 4.69. The van der Waals surface area contributed by atoms with Crippen molar-refractivity contribution in [1.82, 2.24) is 9.13 Å². The Kier molecular flexibility index (Phi) is 4.08. The van der Waals surface area contributed by atoms with E-state index in [-0.39, 0.29) is 17.8 Å². The number of aromatic nitrogens is 2. The van der Waals surface area contributed by atoms with Gasteiger partial charge in [0.15, 0.2) is 0 Å². The summed E-state index contributed by atoms with van der Waals surface area (Å²) in [4.78, 5) is 23.2. The van der Waals surface area contributed by atoms with Gasteiger partial charge in [-0.1, -0.05) is 29.4 Å². The van der Waals surface area contributed by atoms with Gasteiger partial charge in [0, 0.05) is 23.3 Å². The Morgan fingerprint density at radius 3 is 2.73 bits per heavy atom. The summed E-state index contributed by atoms with van der Waals surface area (Å²) in [6, 6.07) is 1.40. The van der Waals surface area contributed by atoms with Crippen molar-refractivity contribution in [2.24, 2.45) is 0 Å². The lowest BCUT2D eigenvalue weighted by Gasteiger charge is -2.07. The summed E-state index contributed by atoms with van der Waals surface area (Å²) in [6.45, 7) is 6.42. The van der Waals surface area contributed by atoms with Crippen LogP contribution < -0.4 is 11.2 Å². The normalized spacial score (nSPS) is 10.3. The zero-order valence-electron chi connectivity index (χ0n) is 8.57. The average molecular weight is 273 g/mol. The van der Waals surface area contributed by atoms with Gasteiger partial charge >= 0.3 is 5.69 Å². The van der Waals surface area contributed by atoms with Gasteiger partial charge in [0.05, 0.1) is 6.54 Å². The van der Waals surface area contributed by atoms with E-state index in [4.69, 9.17) is 0 Å². The maximum atomic E-state index is 11.8. The molecule has 1 aromatic heterocycles. The molecular formula is C10H13BrN2O2. The maximum Gasteiger partial charge on any atom is 0.331 e. The fraction of sp³-hybridized carbons (Fsp3) is 0.400. The fourth-order valence-electron chi connectivity index (χ4n) is 1.28. The van der Waals surface area contributed by atoms with E-state index in [9.17, 15) is 9.59 Å². The van der Waals surface area contributed by atoms with Crippen molar-refractivity contribution in [1.29, 1.82) is 0 Å². The van der Waals surface area contributed by atoms with E-state index in [1.807, 2.05) is 6.92 Å². The van der Waals surface area contributed by atoms with E-state index in [0.29, 0.717) is 11.0 Å². The van der Waals surface area contributed by atoms with Crippen LogP contribution in [-0.2, 0) is 13.1 Å². The molecule has 0 aliphatic carbocycles. The second-order valence-corrected chi connectivity index (χ2v) is 4.35. The minimum absolute atomic E-state index is 0.211. The molecule has 0 radical (unpaired) electrons. The molecule has 1 rings (SSSR count). The number of nitrogens with zero attached hydrogens (tertiary/aromatic N) is 2. The first kappa shape index (κ1) is 12.0. The van der Waals surface area contributed by atoms with Gasteiger partial charge in [-0.15, -0.1) is 0 Å². The second-order valence-electron chi connectivity index (χ2n) is 3.23. The minimum atomic E-state index is -0.298. The van der Waals surface area contributed by atoms with Crippen molar-refractivity contribution in [3.63, 3.8) is 0 Å². The standard InChI is InChI=1S/C10H13BrN2O2/c1-3-5-12-6-4-9(14)13(10(12)15)7-8(2)11/h4,6H,2-3,5,7H2,1H3. The molecule has 0 N–H and O–H groups in total. The molecular weight excluding hydrogens is 260 g/mol. The molecule has 4 nitrogen and oxygen atoms in total. The predicted molar refractivity (Wildman–Crippen MR) is 63.3 cm³/mol. The molecule has 15 heavy (non-hydrogen) atoms. The number of hydrogen-bond donors (Lipinski definition) is 0. The number of rotatable bonds is 4. The average Bonchev–Trinajstić information content (AvgIpc) is 2.17. The van der Waals surface area contributed by atoms with Crippen molar-refractivity contribution in [3.05, 3.63) is 44.2 Å². The van der Waals surface area contributed by atoms with Crippen LogP contribution in [0.1, 0.15) is 13.3 Å². The lowest BCUT2D eigenvalue weighted by atomic mass is 10.4. The summed E-state index contributed by atoms with van der Waals surface area (Å²) in [7, 11) is 0. The summed E-state index contributed by atoms with van der Waals surface area (Å²) < 4.78 is 3.29. The molecule has 0 bridgehead atoms. The minimum Gasteiger partial charge on any atom is -0.300 e. The van der Waals surface area contributed by atoms with Crippen molar-refractivity contribution in [2.45, 2.75) is 26.4 Å². The van der Waals surface area contributed by atoms with E-state index in [0.717, 1.165) is 11.0 Å². The van der Waals surface area contributed by atoms with Gasteiger partial charge in [0.25, 0.3) is 5.56 Å². The number of allylic oxidation sites excluding steroid dienone is 1. The molecule has 0 aliphatic rings. The third-order valence-corrected chi connectivity index (χ3v) is 2.18. The molecule has 0 saturated heterocycles. The van der Waals surface area contributed by atoms with Gasteiger partial charge in [0.2, 0.25) is 0 Å². The molecule has 1 heterocycles. The summed E-state index contributed by atoms with van der Waals surface area (Å²) in [5, 5.41) is 0. The second kappa shape index (κ2) is 5.11. The van der Waals surface area contributed by atoms with Crippen LogP contribution in [-0.4, -0.2) is 9.13 Å². The smallest absolute Gasteiger partial charge is 0.300 e. The Labute approximate surface area is 96.0 Å². The summed E-state index contributed by atoms with van der Waals surface area (Å²) in [5.41, 5.74) is -0.585. The number of halogens is 1. The van der Waals surface area contributed by atoms with Crippen LogP contribution in [0.15, 0.2) is 32.9 Å². The summed E-state index contributed by atoms with van der Waals surface area (Å²) in [6.07, 6.45) is 2.38. The zero-order chi connectivity index (χ0) is 11.4. The molecule has 1 aromatic rings. The molecule has 0 spiro atoms. The monoisotopic (exact) mass is 272 g/mol. The van der Waals surface area contributed by atoms with Gasteiger partial charge in [-0.25, -0.2) is 4.79 Å². The van der Waals surface area contributed by atoms with Crippen molar-refractivity contribution < 1.29 is 0 Å². The quantitative estimate of drug-likeness (QED) is 0.830. The van der Waals surface area contributed by atoms with Crippen molar-refractivity contribution >= 4 is 15.9 Å². The third kappa shape index (κ3) is 2.92. The third-order valence-electron chi connectivity index (χ3n) is 1.93. The molecule has 0 amide bonds. The van der Waals surface area contributed by atoms with Crippen molar-refractivity contribution in [3.8, 4) is 0 Å². The number of aryl methyl sites for hydroxylation is 1. The predicted octanol–water partition coefficient (Wildman–Crippen LogP) is 1.33. The van der Waals surface area contributed by atoms with Gasteiger partial charge in [0.1, 0.15) is 0 Å². The van der Waals surface area contributed by atoms with E-state index in [1.165, 1.54) is 16.8 Å². The number of hydrogen-bond acceptors (Lipinski definition) is 2. The van der Waals surface area contributed by atoms with Gasteiger partial charge in [-0.2, -0.15) is 0 Å². The SMILES string of the molecule is C=C(Br)Cn1c(=O)ccn(CCC)c1=O. The summed E-state index contributed by atoms with van der Waals surface area (Å²) >= 11 is 3.14. The van der Waals surface area contributed by atoms with Crippen LogP contribution in [0.25, 0.3) is 0 Å². The van der Waals surface area contributed by atoms with Gasteiger partial charge < -0.3 is 4.57 Å². The van der Waals surface area contributed by atoms with Crippen LogP contribution >= 0.6 is 15.9 Å². The molecule has 0 aliphatic heterocycles.